The Balaban J connectivity index is 1.96. The molecule has 2 heterocycles. The summed E-state index contributed by atoms with van der Waals surface area (Å²) >= 11 is 7.16. The molecule has 5 heteroatoms. The van der Waals surface area contributed by atoms with Crippen molar-refractivity contribution in [3.8, 4) is 0 Å². The monoisotopic (exact) mass is 371 g/mol. The Kier molecular flexibility index (Phi) is 4.50. The van der Waals surface area contributed by atoms with Gasteiger partial charge in [-0.05, 0) is 64.5 Å². The molecule has 1 nitrogen and oxygen atoms in total. The lowest BCUT2D eigenvalue weighted by molar-refractivity contribution is 0.617. The average Bonchev–Trinajstić information content (AvgIpc) is 2.87. The molecule has 106 valence electrons. The molecular formula is C15H15BrFNS2. The largest absolute Gasteiger partial charge is 0.309 e. The Morgan fingerprint density at radius 3 is 2.90 bits per heavy atom. The molecule has 0 saturated carbocycles. The zero-order valence-corrected chi connectivity index (χ0v) is 14.3. The summed E-state index contributed by atoms with van der Waals surface area (Å²) in [5.74, 6) is 2.12. The van der Waals surface area contributed by atoms with Gasteiger partial charge in [0, 0.05) is 15.5 Å². The minimum atomic E-state index is -0.217. The first-order valence-corrected chi connectivity index (χ1v) is 9.27. The van der Waals surface area contributed by atoms with Gasteiger partial charge in [0.2, 0.25) is 0 Å². The van der Waals surface area contributed by atoms with Gasteiger partial charge < -0.3 is 5.32 Å². The highest BCUT2D eigenvalue weighted by Gasteiger charge is 2.20. The standard InChI is InChI=1S/C15H15BrFNS2/c1-18-15(9-2-3-12(17)11(16)6-9)14-7-10-8-19-5-4-13(10)20-14/h2-3,6-7,15,18H,4-5,8H2,1H3. The van der Waals surface area contributed by atoms with Crippen LogP contribution in [0.4, 0.5) is 4.39 Å². The van der Waals surface area contributed by atoms with Crippen molar-refractivity contribution < 1.29 is 4.39 Å². The number of benzene rings is 1. The number of halogens is 2. The maximum absolute atomic E-state index is 13.4. The predicted octanol–water partition coefficient (Wildman–Crippen LogP) is 4.75. The van der Waals surface area contributed by atoms with Crippen LogP contribution in [0.1, 0.15) is 26.9 Å². The smallest absolute Gasteiger partial charge is 0.137 e. The molecule has 0 bridgehead atoms. The maximum atomic E-state index is 13.4. The number of aryl methyl sites for hydroxylation is 1. The van der Waals surface area contributed by atoms with Crippen molar-refractivity contribution in [1.82, 2.24) is 5.32 Å². The molecule has 0 radical (unpaired) electrons. The second-order valence-corrected chi connectivity index (χ2v) is 7.92. The highest BCUT2D eigenvalue weighted by atomic mass is 79.9. The van der Waals surface area contributed by atoms with Gasteiger partial charge in [0.15, 0.2) is 0 Å². The summed E-state index contributed by atoms with van der Waals surface area (Å²) in [6, 6.07) is 7.68. The molecule has 3 rings (SSSR count). The second kappa shape index (κ2) is 6.18. The lowest BCUT2D eigenvalue weighted by atomic mass is 10.0. The van der Waals surface area contributed by atoms with E-state index in [1.165, 1.54) is 33.6 Å². The first-order chi connectivity index (χ1) is 9.69. The minimum Gasteiger partial charge on any atom is -0.309 e. The first-order valence-electron chi connectivity index (χ1n) is 6.50. The summed E-state index contributed by atoms with van der Waals surface area (Å²) in [5.41, 5.74) is 2.56. The lowest BCUT2D eigenvalue weighted by Gasteiger charge is -2.15. The van der Waals surface area contributed by atoms with Crippen molar-refractivity contribution in [2.75, 3.05) is 12.8 Å². The Hall–Kier alpha value is -0.360. The van der Waals surface area contributed by atoms with Gasteiger partial charge in [-0.2, -0.15) is 11.8 Å². The number of fused-ring (bicyclic) bond motifs is 1. The SMILES string of the molecule is CNC(c1ccc(F)c(Br)c1)c1cc2c(s1)CCSC2. The summed E-state index contributed by atoms with van der Waals surface area (Å²) in [4.78, 5) is 2.83. The fourth-order valence-electron chi connectivity index (χ4n) is 2.48. The van der Waals surface area contributed by atoms with Gasteiger partial charge in [0.25, 0.3) is 0 Å². The van der Waals surface area contributed by atoms with E-state index in [2.05, 4.69) is 27.3 Å². The third kappa shape index (κ3) is 2.82. The van der Waals surface area contributed by atoms with Crippen LogP contribution in [0.25, 0.3) is 0 Å². The highest BCUT2D eigenvalue weighted by molar-refractivity contribution is 9.10. The predicted molar refractivity (Wildman–Crippen MR) is 89.2 cm³/mol. The van der Waals surface area contributed by atoms with Gasteiger partial charge in [-0.15, -0.1) is 11.3 Å². The van der Waals surface area contributed by atoms with E-state index in [1.54, 1.807) is 0 Å². The Labute approximate surface area is 135 Å². The molecular weight excluding hydrogens is 357 g/mol. The van der Waals surface area contributed by atoms with Crippen molar-refractivity contribution in [2.45, 2.75) is 18.2 Å². The third-order valence-corrected chi connectivity index (χ3v) is 6.41. The van der Waals surface area contributed by atoms with E-state index >= 15 is 0 Å². The van der Waals surface area contributed by atoms with E-state index in [0.717, 1.165) is 11.3 Å². The van der Waals surface area contributed by atoms with E-state index in [4.69, 9.17) is 0 Å². The molecule has 0 amide bonds. The van der Waals surface area contributed by atoms with Crippen LogP contribution in [0.2, 0.25) is 0 Å². The molecule has 0 saturated heterocycles. The van der Waals surface area contributed by atoms with Gasteiger partial charge in [-0.3, -0.25) is 0 Å². The molecule has 0 fully saturated rings. The van der Waals surface area contributed by atoms with Crippen LogP contribution >= 0.6 is 39.0 Å². The third-order valence-electron chi connectivity index (χ3n) is 3.50. The van der Waals surface area contributed by atoms with Gasteiger partial charge in [-0.25, -0.2) is 4.39 Å². The molecule has 0 spiro atoms. The molecule has 1 aromatic carbocycles. The lowest BCUT2D eigenvalue weighted by Crippen LogP contribution is -2.16. The summed E-state index contributed by atoms with van der Waals surface area (Å²) in [6.07, 6.45) is 1.17. The number of thiophene rings is 1. The Morgan fingerprint density at radius 1 is 1.35 bits per heavy atom. The molecule has 1 aromatic heterocycles. The quantitative estimate of drug-likeness (QED) is 0.835. The number of nitrogens with one attached hydrogen (secondary N) is 1. The summed E-state index contributed by atoms with van der Waals surface area (Å²) < 4.78 is 13.9. The molecule has 2 aromatic rings. The van der Waals surface area contributed by atoms with E-state index in [9.17, 15) is 4.39 Å². The minimum absolute atomic E-state index is 0.132. The number of thioether (sulfide) groups is 1. The van der Waals surface area contributed by atoms with Crippen molar-refractivity contribution in [2.24, 2.45) is 0 Å². The van der Waals surface area contributed by atoms with Crippen molar-refractivity contribution >= 4 is 39.0 Å². The van der Waals surface area contributed by atoms with Gasteiger partial charge in [0.05, 0.1) is 10.5 Å². The highest BCUT2D eigenvalue weighted by Crippen LogP contribution is 2.37. The van der Waals surface area contributed by atoms with E-state index in [0.29, 0.717) is 4.47 Å². The van der Waals surface area contributed by atoms with Crippen LogP contribution in [0, 0.1) is 5.82 Å². The van der Waals surface area contributed by atoms with Crippen molar-refractivity contribution in [1.29, 1.82) is 0 Å². The molecule has 1 aliphatic rings. The number of hydrogen-bond acceptors (Lipinski definition) is 3. The van der Waals surface area contributed by atoms with Gasteiger partial charge >= 0.3 is 0 Å². The zero-order valence-electron chi connectivity index (χ0n) is 11.1. The maximum Gasteiger partial charge on any atom is 0.137 e. The van der Waals surface area contributed by atoms with Crippen LogP contribution < -0.4 is 5.32 Å². The Bertz CT molecular complexity index is 603. The Morgan fingerprint density at radius 2 is 2.20 bits per heavy atom. The molecule has 0 aliphatic carbocycles. The summed E-state index contributed by atoms with van der Waals surface area (Å²) in [7, 11) is 1.95. The van der Waals surface area contributed by atoms with E-state index in [1.807, 2.05) is 42.3 Å². The van der Waals surface area contributed by atoms with E-state index < -0.39 is 0 Å². The summed E-state index contributed by atoms with van der Waals surface area (Å²) in [6.45, 7) is 0. The van der Waals surface area contributed by atoms with Gasteiger partial charge in [0.1, 0.15) is 5.82 Å². The molecule has 20 heavy (non-hydrogen) atoms. The fourth-order valence-corrected chi connectivity index (χ4v) is 5.39. The van der Waals surface area contributed by atoms with E-state index in [-0.39, 0.29) is 11.9 Å². The second-order valence-electron chi connectivity index (χ2n) is 4.80. The molecule has 1 atom stereocenters. The first kappa shape index (κ1) is 14.6. The number of rotatable bonds is 3. The molecule has 1 aliphatic heterocycles. The average molecular weight is 372 g/mol. The van der Waals surface area contributed by atoms with Crippen LogP contribution in [-0.2, 0) is 12.2 Å². The number of hydrogen-bond donors (Lipinski definition) is 1. The van der Waals surface area contributed by atoms with Crippen LogP contribution in [0.15, 0.2) is 28.7 Å². The molecule has 1 unspecified atom stereocenters. The summed E-state index contributed by atoms with van der Waals surface area (Å²) in [5, 5.41) is 3.35. The van der Waals surface area contributed by atoms with Crippen LogP contribution in [0.3, 0.4) is 0 Å². The van der Waals surface area contributed by atoms with Crippen LogP contribution in [-0.4, -0.2) is 12.8 Å². The normalized spacial score (nSPS) is 15.9. The van der Waals surface area contributed by atoms with Crippen LogP contribution in [0.5, 0.6) is 0 Å². The van der Waals surface area contributed by atoms with Crippen molar-refractivity contribution in [3.63, 3.8) is 0 Å². The topological polar surface area (TPSA) is 12.0 Å². The zero-order chi connectivity index (χ0) is 14.1. The van der Waals surface area contributed by atoms with Crippen molar-refractivity contribution in [3.05, 3.63) is 55.4 Å². The van der Waals surface area contributed by atoms with Gasteiger partial charge in [-0.1, -0.05) is 6.07 Å². The molecule has 1 N–H and O–H groups in total. The fraction of sp³-hybridized carbons (Fsp3) is 0.333.